The largest absolute Gasteiger partial charge is 0.0651 e. The minimum atomic E-state index is 0.855. The van der Waals surface area contributed by atoms with E-state index in [1.54, 1.807) is 19.3 Å². The highest BCUT2D eigenvalue weighted by Gasteiger charge is 2.48. The van der Waals surface area contributed by atoms with E-state index in [2.05, 4.69) is 13.8 Å². The molecule has 0 saturated heterocycles. The maximum atomic E-state index is 2.43. The van der Waals surface area contributed by atoms with Crippen LogP contribution in [0.1, 0.15) is 52.4 Å². The van der Waals surface area contributed by atoms with Gasteiger partial charge in [0.1, 0.15) is 0 Å². The smallest absolute Gasteiger partial charge is 0.0267 e. The molecule has 64 valence electrons. The zero-order valence-electron chi connectivity index (χ0n) is 7.90. The molecule has 0 heteroatoms. The topological polar surface area (TPSA) is 0 Å². The molecule has 2 aliphatic rings. The van der Waals surface area contributed by atoms with Crippen LogP contribution in [0.5, 0.6) is 0 Å². The van der Waals surface area contributed by atoms with Crippen LogP contribution in [0.4, 0.5) is 0 Å². The van der Waals surface area contributed by atoms with Crippen molar-refractivity contribution in [2.45, 2.75) is 52.4 Å². The van der Waals surface area contributed by atoms with E-state index in [1.807, 2.05) is 0 Å². The second-order valence-electron chi connectivity index (χ2n) is 4.85. The van der Waals surface area contributed by atoms with Crippen LogP contribution in [-0.2, 0) is 0 Å². The lowest BCUT2D eigenvalue weighted by atomic mass is 9.58. The van der Waals surface area contributed by atoms with Crippen molar-refractivity contribution in [1.29, 1.82) is 0 Å². The van der Waals surface area contributed by atoms with E-state index in [0.29, 0.717) is 0 Å². The fourth-order valence-corrected chi connectivity index (χ4v) is 3.42. The summed E-state index contributed by atoms with van der Waals surface area (Å²) in [5, 5.41) is 0. The first kappa shape index (κ1) is 7.64. The summed E-state index contributed by atoms with van der Waals surface area (Å²) in [5.74, 6) is 2.14. The summed E-state index contributed by atoms with van der Waals surface area (Å²) in [5.41, 5.74) is 0.855. The third kappa shape index (κ3) is 1.02. The molecule has 2 aliphatic carbocycles. The summed E-state index contributed by atoms with van der Waals surface area (Å²) in [6.07, 6.45) is 9.13. The summed E-state index contributed by atoms with van der Waals surface area (Å²) >= 11 is 0. The molecule has 0 nitrogen and oxygen atoms in total. The van der Waals surface area contributed by atoms with Gasteiger partial charge in [-0.05, 0) is 42.9 Å². The van der Waals surface area contributed by atoms with E-state index in [1.165, 1.54) is 19.3 Å². The number of hydrogen-bond donors (Lipinski definition) is 0. The second-order valence-corrected chi connectivity index (χ2v) is 4.85. The predicted octanol–water partition coefficient (Wildman–Crippen LogP) is 3.61. The predicted molar refractivity (Wildman–Crippen MR) is 48.5 cm³/mol. The Morgan fingerprint density at radius 3 is 2.36 bits per heavy atom. The third-order valence-electron chi connectivity index (χ3n) is 4.24. The molecule has 0 amide bonds. The van der Waals surface area contributed by atoms with Gasteiger partial charge in [0.25, 0.3) is 0 Å². The van der Waals surface area contributed by atoms with E-state index in [-0.39, 0.29) is 0 Å². The quantitative estimate of drug-likeness (QED) is 0.538. The molecule has 0 aromatic carbocycles. The lowest BCUT2D eigenvalue weighted by Crippen LogP contribution is -2.37. The van der Waals surface area contributed by atoms with Gasteiger partial charge in [-0.15, -0.1) is 0 Å². The molecule has 2 rings (SSSR count). The van der Waals surface area contributed by atoms with E-state index in [4.69, 9.17) is 0 Å². The maximum Gasteiger partial charge on any atom is -0.0267 e. The molecule has 1 spiro atoms. The summed E-state index contributed by atoms with van der Waals surface area (Å²) in [4.78, 5) is 0. The molecule has 0 unspecified atom stereocenters. The Bertz CT molecular complexity index is 148. The van der Waals surface area contributed by atoms with Crippen molar-refractivity contribution in [2.75, 3.05) is 0 Å². The van der Waals surface area contributed by atoms with E-state index in [0.717, 1.165) is 17.3 Å². The molecule has 0 aromatic heterocycles. The molecule has 11 heavy (non-hydrogen) atoms. The van der Waals surface area contributed by atoms with Crippen molar-refractivity contribution in [3.63, 3.8) is 0 Å². The molecule has 0 aromatic rings. The Kier molecular flexibility index (Phi) is 1.74. The van der Waals surface area contributed by atoms with Gasteiger partial charge >= 0.3 is 0 Å². The average molecular weight is 152 g/mol. The summed E-state index contributed by atoms with van der Waals surface area (Å²) < 4.78 is 0. The fourth-order valence-electron chi connectivity index (χ4n) is 3.42. The molecule has 2 saturated carbocycles. The Morgan fingerprint density at radius 1 is 1.27 bits per heavy atom. The van der Waals surface area contributed by atoms with Crippen LogP contribution < -0.4 is 0 Å². The Hall–Kier alpha value is 0. The van der Waals surface area contributed by atoms with Gasteiger partial charge in [-0.1, -0.05) is 26.7 Å². The maximum absolute atomic E-state index is 2.43. The van der Waals surface area contributed by atoms with Gasteiger partial charge in [-0.3, -0.25) is 0 Å². The molecule has 0 heterocycles. The van der Waals surface area contributed by atoms with Crippen molar-refractivity contribution in [2.24, 2.45) is 17.3 Å². The van der Waals surface area contributed by atoms with E-state index >= 15 is 0 Å². The van der Waals surface area contributed by atoms with Crippen molar-refractivity contribution in [1.82, 2.24) is 0 Å². The SMILES string of the molecule is CC[C@@H]1CC[C@@]12CC[C@@H](C)C2. The van der Waals surface area contributed by atoms with Gasteiger partial charge < -0.3 is 0 Å². The normalized spacial score (nSPS) is 49.6. The van der Waals surface area contributed by atoms with Crippen molar-refractivity contribution in [3.8, 4) is 0 Å². The summed E-state index contributed by atoms with van der Waals surface area (Å²) in [7, 11) is 0. The second kappa shape index (κ2) is 2.50. The van der Waals surface area contributed by atoms with Crippen molar-refractivity contribution >= 4 is 0 Å². The van der Waals surface area contributed by atoms with Crippen LogP contribution in [-0.4, -0.2) is 0 Å². The Balaban J connectivity index is 2.01. The van der Waals surface area contributed by atoms with Gasteiger partial charge in [0.2, 0.25) is 0 Å². The van der Waals surface area contributed by atoms with Gasteiger partial charge in [-0.25, -0.2) is 0 Å². The van der Waals surface area contributed by atoms with Crippen LogP contribution in [0.3, 0.4) is 0 Å². The molecular weight excluding hydrogens is 132 g/mol. The first-order chi connectivity index (χ1) is 5.27. The molecule has 0 radical (unpaired) electrons. The van der Waals surface area contributed by atoms with Gasteiger partial charge in [-0.2, -0.15) is 0 Å². The minimum absolute atomic E-state index is 0.855. The first-order valence-corrected chi connectivity index (χ1v) is 5.27. The van der Waals surface area contributed by atoms with Crippen LogP contribution in [0.15, 0.2) is 0 Å². The van der Waals surface area contributed by atoms with Crippen LogP contribution in [0, 0.1) is 17.3 Å². The number of hydrogen-bond acceptors (Lipinski definition) is 0. The highest BCUT2D eigenvalue weighted by Crippen LogP contribution is 2.59. The van der Waals surface area contributed by atoms with E-state index in [9.17, 15) is 0 Å². The highest BCUT2D eigenvalue weighted by atomic mass is 14.5. The van der Waals surface area contributed by atoms with Crippen molar-refractivity contribution < 1.29 is 0 Å². The molecule has 0 aliphatic heterocycles. The summed E-state index contributed by atoms with van der Waals surface area (Å²) in [6, 6.07) is 0. The highest BCUT2D eigenvalue weighted by molar-refractivity contribution is 4.99. The first-order valence-electron chi connectivity index (χ1n) is 5.27. The fraction of sp³-hybridized carbons (Fsp3) is 1.00. The van der Waals surface area contributed by atoms with Crippen LogP contribution in [0.2, 0.25) is 0 Å². The monoisotopic (exact) mass is 152 g/mol. The molecule has 0 N–H and O–H groups in total. The van der Waals surface area contributed by atoms with Gasteiger partial charge in [0.15, 0.2) is 0 Å². The van der Waals surface area contributed by atoms with Crippen LogP contribution in [0.25, 0.3) is 0 Å². The molecule has 3 atom stereocenters. The Labute approximate surface area is 70.4 Å². The molecular formula is C11H20. The van der Waals surface area contributed by atoms with Crippen LogP contribution >= 0.6 is 0 Å². The third-order valence-corrected chi connectivity index (χ3v) is 4.24. The lowest BCUT2D eigenvalue weighted by molar-refractivity contribution is 0.0307. The molecule has 2 fully saturated rings. The van der Waals surface area contributed by atoms with E-state index < -0.39 is 0 Å². The van der Waals surface area contributed by atoms with Gasteiger partial charge in [0, 0.05) is 0 Å². The lowest BCUT2D eigenvalue weighted by Gasteiger charge is -2.47. The average Bonchev–Trinajstić information content (AvgIpc) is 2.33. The zero-order valence-corrected chi connectivity index (χ0v) is 7.90. The van der Waals surface area contributed by atoms with Gasteiger partial charge in [0.05, 0.1) is 0 Å². The standard InChI is InChI=1S/C11H20/c1-3-10-5-7-11(10)6-4-9(2)8-11/h9-10H,3-8H2,1-2H3/t9-,10-,11-/m1/s1. The minimum Gasteiger partial charge on any atom is -0.0651 e. The number of rotatable bonds is 1. The Morgan fingerprint density at radius 2 is 2.00 bits per heavy atom. The summed E-state index contributed by atoms with van der Waals surface area (Å²) in [6.45, 7) is 4.80. The molecule has 0 bridgehead atoms. The van der Waals surface area contributed by atoms with Crippen molar-refractivity contribution in [3.05, 3.63) is 0 Å². The zero-order chi connectivity index (χ0) is 7.90.